The molecule has 1 atom stereocenters. The Hall–Kier alpha value is -1.60. The molecule has 0 bridgehead atoms. The number of β-amino-alcohol motifs (C(OH)–C–C–N with tert-alkyl or cyclic N) is 1. The Morgan fingerprint density at radius 2 is 1.81 bits per heavy atom. The first-order chi connectivity index (χ1) is 13.2. The third-order valence-electron chi connectivity index (χ3n) is 4.53. The van der Waals surface area contributed by atoms with E-state index in [1.165, 1.54) is 12.1 Å². The van der Waals surface area contributed by atoms with E-state index in [1.54, 1.807) is 12.1 Å². The molecule has 4 nitrogen and oxygen atoms in total. The number of hydrogen-bond donors (Lipinski definition) is 2. The van der Waals surface area contributed by atoms with Crippen molar-refractivity contribution >= 4 is 11.8 Å². The van der Waals surface area contributed by atoms with Crippen LogP contribution in [0.1, 0.15) is 11.1 Å². The minimum atomic E-state index is -0.492. The third-order valence-corrected chi connectivity index (χ3v) is 5.48. The summed E-state index contributed by atoms with van der Waals surface area (Å²) in [5, 5.41) is 13.6. The predicted molar refractivity (Wildman–Crippen MR) is 109 cm³/mol. The van der Waals surface area contributed by atoms with E-state index >= 15 is 0 Å². The maximum Gasteiger partial charge on any atom is 0.123 e. The molecule has 6 heteroatoms. The number of aliphatic hydroxyl groups excluding tert-OH is 1. The van der Waals surface area contributed by atoms with Crippen LogP contribution in [0, 0.1) is 5.82 Å². The number of rotatable bonds is 9. The summed E-state index contributed by atoms with van der Waals surface area (Å²) in [6, 6.07) is 14.4. The zero-order valence-corrected chi connectivity index (χ0v) is 16.3. The highest BCUT2D eigenvalue weighted by atomic mass is 32.2. The molecule has 2 N–H and O–H groups in total. The van der Waals surface area contributed by atoms with Gasteiger partial charge in [0.05, 0.1) is 0 Å². The highest BCUT2D eigenvalue weighted by Crippen LogP contribution is 2.18. The molecule has 27 heavy (non-hydrogen) atoms. The second-order valence-electron chi connectivity index (χ2n) is 6.72. The maximum atomic E-state index is 13.0. The average molecular weight is 391 g/mol. The summed E-state index contributed by atoms with van der Waals surface area (Å²) in [6.07, 6.45) is -0.492. The summed E-state index contributed by atoms with van der Waals surface area (Å²) in [4.78, 5) is 2.29. The van der Waals surface area contributed by atoms with E-state index in [2.05, 4.69) is 10.2 Å². The van der Waals surface area contributed by atoms with Gasteiger partial charge in [-0.05, 0) is 23.8 Å². The molecule has 1 heterocycles. The molecule has 2 aromatic carbocycles. The zero-order valence-electron chi connectivity index (χ0n) is 15.4. The summed E-state index contributed by atoms with van der Waals surface area (Å²) in [5.74, 6) is 2.84. The van der Waals surface area contributed by atoms with Gasteiger partial charge in [-0.2, -0.15) is 11.8 Å². The molecule has 0 aromatic heterocycles. The van der Waals surface area contributed by atoms with Crippen molar-refractivity contribution in [2.45, 2.75) is 19.2 Å². The molecule has 0 amide bonds. The van der Waals surface area contributed by atoms with Crippen molar-refractivity contribution in [2.75, 3.05) is 37.7 Å². The second-order valence-corrected chi connectivity index (χ2v) is 7.94. The van der Waals surface area contributed by atoms with Crippen LogP contribution in [0.4, 0.5) is 4.39 Å². The van der Waals surface area contributed by atoms with E-state index in [0.29, 0.717) is 26.2 Å². The summed E-state index contributed by atoms with van der Waals surface area (Å²) in [5.41, 5.74) is 2.08. The fourth-order valence-corrected chi connectivity index (χ4v) is 4.03. The molecule has 1 fully saturated rings. The molecule has 0 radical (unpaired) electrons. The van der Waals surface area contributed by atoms with Crippen LogP contribution in [-0.4, -0.2) is 53.9 Å². The number of para-hydroxylation sites is 1. The molecule has 0 aliphatic carbocycles. The molecule has 1 saturated heterocycles. The van der Waals surface area contributed by atoms with Gasteiger partial charge >= 0.3 is 0 Å². The molecule has 0 saturated carbocycles. The van der Waals surface area contributed by atoms with Crippen LogP contribution in [0.3, 0.4) is 0 Å². The fraction of sp³-hybridized carbons (Fsp3) is 0.429. The van der Waals surface area contributed by atoms with Crippen LogP contribution in [0.25, 0.3) is 0 Å². The minimum absolute atomic E-state index is 0.223. The van der Waals surface area contributed by atoms with E-state index < -0.39 is 6.10 Å². The minimum Gasteiger partial charge on any atom is -0.491 e. The molecule has 3 rings (SSSR count). The number of nitrogens with zero attached hydrogens (tertiary/aromatic N) is 1. The SMILES string of the molecule is O[C@@H](COc1ccccc1CNCc1ccc(F)cc1)CN1CCSCC1. The van der Waals surface area contributed by atoms with Crippen molar-refractivity contribution in [2.24, 2.45) is 0 Å². The first kappa shape index (κ1) is 20.1. The van der Waals surface area contributed by atoms with E-state index in [9.17, 15) is 9.50 Å². The molecule has 1 aliphatic rings. The lowest BCUT2D eigenvalue weighted by Crippen LogP contribution is -2.40. The lowest BCUT2D eigenvalue weighted by Gasteiger charge is -2.28. The van der Waals surface area contributed by atoms with Crippen molar-refractivity contribution < 1.29 is 14.2 Å². The number of benzene rings is 2. The lowest BCUT2D eigenvalue weighted by molar-refractivity contribution is 0.0711. The first-order valence-corrected chi connectivity index (χ1v) is 10.5. The second kappa shape index (κ2) is 10.7. The van der Waals surface area contributed by atoms with Crippen LogP contribution in [-0.2, 0) is 13.1 Å². The van der Waals surface area contributed by atoms with Crippen LogP contribution < -0.4 is 10.1 Å². The van der Waals surface area contributed by atoms with E-state index in [-0.39, 0.29) is 5.82 Å². The van der Waals surface area contributed by atoms with Gasteiger partial charge in [0.25, 0.3) is 0 Å². The Morgan fingerprint density at radius 3 is 2.59 bits per heavy atom. The monoisotopic (exact) mass is 390 g/mol. The van der Waals surface area contributed by atoms with Gasteiger partial charge in [0, 0.05) is 49.8 Å². The van der Waals surface area contributed by atoms with E-state index in [1.807, 2.05) is 36.0 Å². The van der Waals surface area contributed by atoms with Gasteiger partial charge < -0.3 is 15.2 Å². The van der Waals surface area contributed by atoms with Crippen LogP contribution >= 0.6 is 11.8 Å². The number of ether oxygens (including phenoxy) is 1. The summed E-state index contributed by atoms with van der Waals surface area (Å²) in [6.45, 7) is 4.32. The maximum absolute atomic E-state index is 13.0. The van der Waals surface area contributed by atoms with Gasteiger partial charge in [-0.25, -0.2) is 4.39 Å². The van der Waals surface area contributed by atoms with Gasteiger partial charge in [-0.3, -0.25) is 4.90 Å². The topological polar surface area (TPSA) is 44.7 Å². The standard InChI is InChI=1S/C21H27FN2O2S/c22-19-7-5-17(6-8-19)13-23-14-18-3-1-2-4-21(18)26-16-20(25)15-24-9-11-27-12-10-24/h1-8,20,23,25H,9-16H2/t20-/m1/s1. The molecule has 0 unspecified atom stereocenters. The number of thioether (sulfide) groups is 1. The van der Waals surface area contributed by atoms with E-state index in [0.717, 1.165) is 41.5 Å². The highest BCUT2D eigenvalue weighted by molar-refractivity contribution is 7.99. The number of halogens is 1. The predicted octanol–water partition coefficient (Wildman–Crippen LogP) is 2.90. The molecule has 1 aliphatic heterocycles. The quantitative estimate of drug-likeness (QED) is 0.689. The molecule has 0 spiro atoms. The fourth-order valence-electron chi connectivity index (χ4n) is 3.05. The Labute approximate surface area is 164 Å². The largest absolute Gasteiger partial charge is 0.491 e. The smallest absolute Gasteiger partial charge is 0.123 e. The molecular formula is C21H27FN2O2S. The number of aliphatic hydroxyl groups is 1. The number of hydrogen-bond acceptors (Lipinski definition) is 5. The summed E-state index contributed by atoms with van der Waals surface area (Å²) in [7, 11) is 0. The molecule has 146 valence electrons. The van der Waals surface area contributed by atoms with Gasteiger partial charge in [-0.1, -0.05) is 30.3 Å². The van der Waals surface area contributed by atoms with Crippen molar-refractivity contribution in [3.63, 3.8) is 0 Å². The Morgan fingerprint density at radius 1 is 1.07 bits per heavy atom. The average Bonchev–Trinajstić information content (AvgIpc) is 2.69. The van der Waals surface area contributed by atoms with Crippen molar-refractivity contribution in [1.29, 1.82) is 0 Å². The van der Waals surface area contributed by atoms with Crippen LogP contribution in [0.15, 0.2) is 48.5 Å². The summed E-state index contributed by atoms with van der Waals surface area (Å²) < 4.78 is 18.9. The molecular weight excluding hydrogens is 363 g/mol. The Kier molecular flexibility index (Phi) is 7.95. The van der Waals surface area contributed by atoms with Gasteiger partial charge in [0.15, 0.2) is 0 Å². The zero-order chi connectivity index (χ0) is 18.9. The first-order valence-electron chi connectivity index (χ1n) is 9.35. The Balaban J connectivity index is 1.45. The highest BCUT2D eigenvalue weighted by Gasteiger charge is 2.15. The Bertz CT molecular complexity index is 693. The van der Waals surface area contributed by atoms with E-state index in [4.69, 9.17) is 4.74 Å². The van der Waals surface area contributed by atoms with Crippen LogP contribution in [0.5, 0.6) is 5.75 Å². The van der Waals surface area contributed by atoms with Gasteiger partial charge in [-0.15, -0.1) is 0 Å². The van der Waals surface area contributed by atoms with Crippen molar-refractivity contribution in [1.82, 2.24) is 10.2 Å². The lowest BCUT2D eigenvalue weighted by atomic mass is 10.2. The number of nitrogens with one attached hydrogen (secondary N) is 1. The van der Waals surface area contributed by atoms with Crippen molar-refractivity contribution in [3.8, 4) is 5.75 Å². The normalized spacial score (nSPS) is 16.2. The van der Waals surface area contributed by atoms with Crippen molar-refractivity contribution in [3.05, 3.63) is 65.5 Å². The summed E-state index contributed by atoms with van der Waals surface area (Å²) >= 11 is 1.96. The van der Waals surface area contributed by atoms with Crippen LogP contribution in [0.2, 0.25) is 0 Å². The third kappa shape index (κ3) is 6.81. The van der Waals surface area contributed by atoms with Gasteiger partial charge in [0.1, 0.15) is 24.3 Å². The molecule has 2 aromatic rings. The van der Waals surface area contributed by atoms with Gasteiger partial charge in [0.2, 0.25) is 0 Å².